The van der Waals surface area contributed by atoms with E-state index < -0.39 is 0 Å². The van der Waals surface area contributed by atoms with Crippen molar-refractivity contribution < 1.29 is 9.50 Å². The minimum Gasteiger partial charge on any atom is -0.396 e. The molecule has 0 amide bonds. The Balaban J connectivity index is 1.75. The summed E-state index contributed by atoms with van der Waals surface area (Å²) in [7, 11) is 0. The van der Waals surface area contributed by atoms with Crippen molar-refractivity contribution in [3.8, 4) is 11.3 Å². The molecular formula is C17H16FN3OS. The lowest BCUT2D eigenvalue weighted by molar-refractivity contribution is 0.280. The Morgan fingerprint density at radius 2 is 1.91 bits per heavy atom. The topological polar surface area (TPSA) is 58.0 Å². The highest BCUT2D eigenvalue weighted by Crippen LogP contribution is 2.26. The van der Waals surface area contributed by atoms with E-state index >= 15 is 0 Å². The highest BCUT2D eigenvalue weighted by Gasteiger charge is 2.13. The second-order valence-electron chi connectivity index (χ2n) is 5.04. The molecule has 0 spiro atoms. The van der Waals surface area contributed by atoms with Gasteiger partial charge in [-0.25, -0.2) is 4.39 Å². The number of benzene rings is 1. The molecular weight excluding hydrogens is 313 g/mol. The number of aromatic nitrogens is 2. The second-order valence-corrected chi connectivity index (χ2v) is 6.01. The van der Waals surface area contributed by atoms with Gasteiger partial charge in [0.1, 0.15) is 11.6 Å². The molecule has 1 unspecified atom stereocenters. The van der Waals surface area contributed by atoms with E-state index in [1.165, 1.54) is 12.1 Å². The molecule has 4 nitrogen and oxygen atoms in total. The fourth-order valence-electron chi connectivity index (χ4n) is 2.27. The smallest absolute Gasteiger partial charge is 0.149 e. The number of hydrogen-bond donors (Lipinski definition) is 2. The number of nitrogens with zero attached hydrogens (tertiary/aromatic N) is 2. The number of halogens is 1. The summed E-state index contributed by atoms with van der Waals surface area (Å²) >= 11 is 1.63. The molecule has 3 rings (SSSR count). The van der Waals surface area contributed by atoms with Crippen molar-refractivity contribution in [1.82, 2.24) is 10.2 Å². The lowest BCUT2D eigenvalue weighted by Crippen LogP contribution is -2.12. The standard InChI is InChI=1S/C17H16FN3OS/c18-13-5-3-12(4-6-13)14-7-8-17(21-20-14)19-15(9-10-22)16-2-1-11-23-16/h1-8,11,15,22H,9-10H2,(H,19,21). The maximum Gasteiger partial charge on any atom is 0.149 e. The molecule has 0 aliphatic heterocycles. The van der Waals surface area contributed by atoms with E-state index in [2.05, 4.69) is 15.5 Å². The lowest BCUT2D eigenvalue weighted by atomic mass is 10.1. The van der Waals surface area contributed by atoms with Crippen molar-refractivity contribution in [1.29, 1.82) is 0 Å². The number of hydrogen-bond acceptors (Lipinski definition) is 5. The average Bonchev–Trinajstić information content (AvgIpc) is 3.10. The Labute approximate surface area is 137 Å². The first-order valence-electron chi connectivity index (χ1n) is 7.27. The van der Waals surface area contributed by atoms with Gasteiger partial charge in [-0.05, 0) is 54.3 Å². The molecule has 1 aromatic carbocycles. The first kappa shape index (κ1) is 15.6. The van der Waals surface area contributed by atoms with Crippen molar-refractivity contribution in [2.45, 2.75) is 12.5 Å². The van der Waals surface area contributed by atoms with Gasteiger partial charge in [0.2, 0.25) is 0 Å². The summed E-state index contributed by atoms with van der Waals surface area (Å²) < 4.78 is 13.0. The average molecular weight is 329 g/mol. The fraction of sp³-hybridized carbons (Fsp3) is 0.176. The van der Waals surface area contributed by atoms with Gasteiger partial charge >= 0.3 is 0 Å². The predicted molar refractivity (Wildman–Crippen MR) is 89.8 cm³/mol. The van der Waals surface area contributed by atoms with Crippen LogP contribution >= 0.6 is 11.3 Å². The van der Waals surface area contributed by atoms with Gasteiger partial charge in [0, 0.05) is 17.0 Å². The minimum absolute atomic E-state index is 0.00553. The molecule has 0 fully saturated rings. The highest BCUT2D eigenvalue weighted by molar-refractivity contribution is 7.10. The number of aliphatic hydroxyl groups is 1. The van der Waals surface area contributed by atoms with Crippen LogP contribution < -0.4 is 5.32 Å². The Kier molecular flexibility index (Phi) is 4.95. The number of anilines is 1. The van der Waals surface area contributed by atoms with Gasteiger partial charge in [0.25, 0.3) is 0 Å². The quantitative estimate of drug-likeness (QED) is 0.720. The normalized spacial score (nSPS) is 12.1. The van der Waals surface area contributed by atoms with E-state index in [9.17, 15) is 9.50 Å². The van der Waals surface area contributed by atoms with Gasteiger partial charge in [-0.3, -0.25) is 0 Å². The van der Waals surface area contributed by atoms with Crippen LogP contribution in [-0.2, 0) is 0 Å². The van der Waals surface area contributed by atoms with E-state index in [0.29, 0.717) is 17.9 Å². The van der Waals surface area contributed by atoms with E-state index in [1.807, 2.05) is 29.6 Å². The zero-order chi connectivity index (χ0) is 16.1. The van der Waals surface area contributed by atoms with Crippen LogP contribution in [0.1, 0.15) is 17.3 Å². The first-order valence-corrected chi connectivity index (χ1v) is 8.14. The van der Waals surface area contributed by atoms with Crippen molar-refractivity contribution >= 4 is 17.2 Å². The third-order valence-corrected chi connectivity index (χ3v) is 4.42. The van der Waals surface area contributed by atoms with Crippen LogP contribution in [0, 0.1) is 5.82 Å². The van der Waals surface area contributed by atoms with E-state index in [0.717, 1.165) is 10.4 Å². The molecule has 0 bridgehead atoms. The maximum atomic E-state index is 13.0. The lowest BCUT2D eigenvalue weighted by Gasteiger charge is -2.16. The summed E-state index contributed by atoms with van der Waals surface area (Å²) in [5.41, 5.74) is 1.50. The number of thiophene rings is 1. The van der Waals surface area contributed by atoms with Crippen LogP contribution in [0.4, 0.5) is 10.2 Å². The maximum absolute atomic E-state index is 13.0. The van der Waals surface area contributed by atoms with E-state index in [-0.39, 0.29) is 18.5 Å². The molecule has 2 heterocycles. The van der Waals surface area contributed by atoms with Crippen molar-refractivity contribution in [2.75, 3.05) is 11.9 Å². The molecule has 0 aliphatic rings. The molecule has 0 aliphatic carbocycles. The number of rotatable bonds is 6. The molecule has 3 aromatic rings. The summed E-state index contributed by atoms with van der Waals surface area (Å²) in [6, 6.07) is 13.8. The van der Waals surface area contributed by atoms with Crippen LogP contribution in [0.3, 0.4) is 0 Å². The van der Waals surface area contributed by atoms with Crippen LogP contribution in [0.2, 0.25) is 0 Å². The third kappa shape index (κ3) is 3.91. The Morgan fingerprint density at radius 3 is 2.52 bits per heavy atom. The van der Waals surface area contributed by atoms with Gasteiger partial charge in [-0.2, -0.15) is 0 Å². The van der Waals surface area contributed by atoms with Crippen molar-refractivity contribution in [3.63, 3.8) is 0 Å². The molecule has 0 saturated carbocycles. The van der Waals surface area contributed by atoms with E-state index in [1.54, 1.807) is 23.5 Å². The van der Waals surface area contributed by atoms with Crippen LogP contribution in [0.25, 0.3) is 11.3 Å². The molecule has 0 saturated heterocycles. The molecule has 1 atom stereocenters. The summed E-state index contributed by atoms with van der Waals surface area (Å²) in [6.45, 7) is 0.0939. The van der Waals surface area contributed by atoms with Gasteiger partial charge in [0.15, 0.2) is 0 Å². The van der Waals surface area contributed by atoms with Gasteiger partial charge in [0.05, 0.1) is 11.7 Å². The predicted octanol–water partition coefficient (Wildman–Crippen LogP) is 3.88. The number of aliphatic hydroxyl groups excluding tert-OH is 1. The molecule has 118 valence electrons. The largest absolute Gasteiger partial charge is 0.396 e. The Bertz CT molecular complexity index is 730. The third-order valence-electron chi connectivity index (χ3n) is 3.43. The highest BCUT2D eigenvalue weighted by atomic mass is 32.1. The zero-order valence-corrected chi connectivity index (χ0v) is 13.1. The summed E-state index contributed by atoms with van der Waals surface area (Å²) in [4.78, 5) is 1.14. The Morgan fingerprint density at radius 1 is 1.09 bits per heavy atom. The van der Waals surface area contributed by atoms with Crippen LogP contribution in [-0.4, -0.2) is 21.9 Å². The SMILES string of the molecule is OCCC(Nc1ccc(-c2ccc(F)cc2)nn1)c1cccs1. The molecule has 6 heteroatoms. The molecule has 2 N–H and O–H groups in total. The number of nitrogens with one attached hydrogen (secondary N) is 1. The Hall–Kier alpha value is -2.31. The van der Waals surface area contributed by atoms with Crippen LogP contribution in [0.15, 0.2) is 53.9 Å². The van der Waals surface area contributed by atoms with Gasteiger partial charge < -0.3 is 10.4 Å². The monoisotopic (exact) mass is 329 g/mol. The molecule has 2 aromatic heterocycles. The van der Waals surface area contributed by atoms with Crippen molar-refractivity contribution in [3.05, 3.63) is 64.6 Å². The van der Waals surface area contributed by atoms with Gasteiger partial charge in [-0.1, -0.05) is 6.07 Å². The summed E-state index contributed by atoms with van der Waals surface area (Å²) in [5.74, 6) is 0.366. The van der Waals surface area contributed by atoms with E-state index in [4.69, 9.17) is 0 Å². The zero-order valence-electron chi connectivity index (χ0n) is 12.3. The second kappa shape index (κ2) is 7.30. The van der Waals surface area contributed by atoms with Crippen molar-refractivity contribution in [2.24, 2.45) is 0 Å². The minimum atomic E-state index is -0.275. The van der Waals surface area contributed by atoms with Gasteiger partial charge in [-0.15, -0.1) is 21.5 Å². The summed E-state index contributed by atoms with van der Waals surface area (Å²) in [6.07, 6.45) is 0.599. The first-order chi connectivity index (χ1) is 11.3. The molecule has 0 radical (unpaired) electrons. The fourth-order valence-corrected chi connectivity index (χ4v) is 3.08. The molecule has 23 heavy (non-hydrogen) atoms. The summed E-state index contributed by atoms with van der Waals surface area (Å²) in [5, 5.41) is 22.9. The van der Waals surface area contributed by atoms with Crippen LogP contribution in [0.5, 0.6) is 0 Å².